The smallest absolute Gasteiger partial charge is 0.422 e. The van der Waals surface area contributed by atoms with E-state index in [0.717, 1.165) is 5.56 Å². The van der Waals surface area contributed by atoms with Gasteiger partial charge in [-0.2, -0.15) is 0 Å². The average molecular weight is 206 g/mol. The molecule has 0 atom stereocenters. The van der Waals surface area contributed by atoms with Gasteiger partial charge in [0.05, 0.1) is 0 Å². The summed E-state index contributed by atoms with van der Waals surface area (Å²) in [5, 5.41) is 25.9. The molecule has 4 nitrogen and oxygen atoms in total. The van der Waals surface area contributed by atoms with Crippen LogP contribution in [0.15, 0.2) is 30.3 Å². The normalized spacial score (nSPS) is 10.1. The number of hydrogen-bond donors (Lipinski definition) is 2. The first kappa shape index (κ1) is 9.33. The molecule has 0 bridgehead atoms. The molecule has 1 aromatic heterocycles. The second-order valence-electron chi connectivity index (χ2n) is 2.69. The summed E-state index contributed by atoms with van der Waals surface area (Å²) in [7, 11) is -1.54. The van der Waals surface area contributed by atoms with Crippen LogP contribution in [-0.4, -0.2) is 27.4 Å². The molecule has 0 amide bonds. The van der Waals surface area contributed by atoms with Crippen molar-refractivity contribution in [3.05, 3.63) is 30.3 Å². The quantitative estimate of drug-likeness (QED) is 0.672. The standard InChI is InChI=1S/C8H7BN2O2S/c12-9(13)8-11-10-7(14-8)6-4-2-1-3-5-6/h1-5,12-13H. The molecule has 70 valence electrons. The summed E-state index contributed by atoms with van der Waals surface area (Å²) >= 11 is 1.17. The van der Waals surface area contributed by atoms with Gasteiger partial charge in [0.2, 0.25) is 0 Å². The highest BCUT2D eigenvalue weighted by atomic mass is 32.1. The van der Waals surface area contributed by atoms with E-state index in [1.54, 1.807) is 0 Å². The zero-order chi connectivity index (χ0) is 9.97. The fourth-order valence-corrected chi connectivity index (χ4v) is 1.76. The number of benzene rings is 1. The molecule has 0 radical (unpaired) electrons. The molecular weight excluding hydrogens is 199 g/mol. The van der Waals surface area contributed by atoms with E-state index in [-0.39, 0.29) is 4.91 Å². The summed E-state index contributed by atoms with van der Waals surface area (Å²) in [6.07, 6.45) is 0. The average Bonchev–Trinajstić information content (AvgIpc) is 2.68. The molecule has 1 heterocycles. The van der Waals surface area contributed by atoms with Crippen molar-refractivity contribution in [2.75, 3.05) is 0 Å². The molecule has 6 heteroatoms. The van der Waals surface area contributed by atoms with Crippen molar-refractivity contribution < 1.29 is 10.0 Å². The van der Waals surface area contributed by atoms with Gasteiger partial charge in [0.15, 0.2) is 0 Å². The molecule has 0 aliphatic heterocycles. The highest BCUT2D eigenvalue weighted by Gasteiger charge is 2.17. The minimum atomic E-state index is -1.54. The maximum atomic E-state index is 8.85. The number of nitrogens with zero attached hydrogens (tertiary/aromatic N) is 2. The lowest BCUT2D eigenvalue weighted by Gasteiger charge is -1.91. The summed E-state index contributed by atoms with van der Waals surface area (Å²) in [6, 6.07) is 9.49. The molecule has 1 aromatic carbocycles. The van der Waals surface area contributed by atoms with Crippen LogP contribution in [0.5, 0.6) is 0 Å². The van der Waals surface area contributed by atoms with E-state index in [2.05, 4.69) is 10.2 Å². The molecule has 0 aliphatic rings. The van der Waals surface area contributed by atoms with Crippen LogP contribution in [0.1, 0.15) is 0 Å². The number of hydrogen-bond acceptors (Lipinski definition) is 5. The van der Waals surface area contributed by atoms with Gasteiger partial charge in [0, 0.05) is 5.56 Å². The van der Waals surface area contributed by atoms with Crippen molar-refractivity contribution in [3.8, 4) is 10.6 Å². The van der Waals surface area contributed by atoms with Crippen LogP contribution < -0.4 is 4.91 Å². The Morgan fingerprint density at radius 3 is 2.36 bits per heavy atom. The lowest BCUT2D eigenvalue weighted by molar-refractivity contribution is 0.425. The molecule has 2 N–H and O–H groups in total. The predicted molar refractivity (Wildman–Crippen MR) is 55.2 cm³/mol. The summed E-state index contributed by atoms with van der Waals surface area (Å²) in [5.41, 5.74) is 0.928. The minimum Gasteiger partial charge on any atom is -0.422 e. The van der Waals surface area contributed by atoms with Gasteiger partial charge in [0.25, 0.3) is 0 Å². The predicted octanol–water partition coefficient (Wildman–Crippen LogP) is -0.115. The third-order valence-corrected chi connectivity index (χ3v) is 2.69. The number of aromatic nitrogens is 2. The molecule has 0 fully saturated rings. The third-order valence-electron chi connectivity index (χ3n) is 1.68. The maximum Gasteiger partial charge on any atom is 0.521 e. The lowest BCUT2D eigenvalue weighted by Crippen LogP contribution is -2.29. The molecule has 2 aromatic rings. The van der Waals surface area contributed by atoms with Gasteiger partial charge in [0.1, 0.15) is 9.91 Å². The summed E-state index contributed by atoms with van der Waals surface area (Å²) < 4.78 is 0. The van der Waals surface area contributed by atoms with Crippen molar-refractivity contribution >= 4 is 23.4 Å². The monoisotopic (exact) mass is 206 g/mol. The van der Waals surface area contributed by atoms with Crippen LogP contribution in [0, 0.1) is 0 Å². The Kier molecular flexibility index (Phi) is 2.58. The summed E-state index contributed by atoms with van der Waals surface area (Å²) in [4.78, 5) is 0.212. The molecule has 0 saturated carbocycles. The topological polar surface area (TPSA) is 66.2 Å². The van der Waals surface area contributed by atoms with Crippen molar-refractivity contribution in [2.24, 2.45) is 0 Å². The molecule has 0 unspecified atom stereocenters. The van der Waals surface area contributed by atoms with Crippen molar-refractivity contribution in [1.82, 2.24) is 10.2 Å². The van der Waals surface area contributed by atoms with E-state index in [0.29, 0.717) is 5.01 Å². The van der Waals surface area contributed by atoms with Crippen molar-refractivity contribution in [1.29, 1.82) is 0 Å². The molecule has 0 aliphatic carbocycles. The summed E-state index contributed by atoms with van der Waals surface area (Å²) in [6.45, 7) is 0. The fourth-order valence-electron chi connectivity index (χ4n) is 1.04. The van der Waals surface area contributed by atoms with Gasteiger partial charge in [-0.25, -0.2) is 0 Å². The Bertz CT molecular complexity index is 418. The highest BCUT2D eigenvalue weighted by Crippen LogP contribution is 2.18. The fraction of sp³-hybridized carbons (Fsp3) is 0. The van der Waals surface area contributed by atoms with E-state index in [1.807, 2.05) is 30.3 Å². The van der Waals surface area contributed by atoms with E-state index in [1.165, 1.54) is 11.3 Å². The van der Waals surface area contributed by atoms with Gasteiger partial charge in [-0.05, 0) is 0 Å². The van der Waals surface area contributed by atoms with E-state index >= 15 is 0 Å². The van der Waals surface area contributed by atoms with Gasteiger partial charge >= 0.3 is 7.12 Å². The van der Waals surface area contributed by atoms with Gasteiger partial charge in [-0.3, -0.25) is 0 Å². The van der Waals surface area contributed by atoms with Gasteiger partial charge in [-0.1, -0.05) is 30.3 Å². The minimum absolute atomic E-state index is 0.212. The first-order valence-electron chi connectivity index (χ1n) is 4.02. The van der Waals surface area contributed by atoms with Gasteiger partial charge < -0.3 is 10.0 Å². The van der Waals surface area contributed by atoms with Crippen molar-refractivity contribution in [2.45, 2.75) is 0 Å². The summed E-state index contributed by atoms with van der Waals surface area (Å²) in [5.74, 6) is 0. The van der Waals surface area contributed by atoms with Crippen LogP contribution in [0.2, 0.25) is 0 Å². The number of rotatable bonds is 2. The Morgan fingerprint density at radius 1 is 1.07 bits per heavy atom. The van der Waals surface area contributed by atoms with Gasteiger partial charge in [-0.15, -0.1) is 21.5 Å². The maximum absolute atomic E-state index is 8.85. The zero-order valence-corrected chi connectivity index (χ0v) is 7.98. The van der Waals surface area contributed by atoms with Crippen LogP contribution in [0.25, 0.3) is 10.6 Å². The Balaban J connectivity index is 2.34. The van der Waals surface area contributed by atoms with Crippen LogP contribution in [0.3, 0.4) is 0 Å². The molecule has 0 spiro atoms. The Hall–Kier alpha value is -1.24. The lowest BCUT2D eigenvalue weighted by atomic mass is 9.95. The first-order chi connectivity index (χ1) is 6.77. The zero-order valence-electron chi connectivity index (χ0n) is 7.16. The Labute approximate surface area is 85.0 Å². The second-order valence-corrected chi connectivity index (χ2v) is 3.69. The van der Waals surface area contributed by atoms with E-state index < -0.39 is 7.12 Å². The second kappa shape index (κ2) is 3.87. The van der Waals surface area contributed by atoms with Crippen LogP contribution in [0.4, 0.5) is 0 Å². The third kappa shape index (κ3) is 1.82. The first-order valence-corrected chi connectivity index (χ1v) is 4.84. The van der Waals surface area contributed by atoms with Crippen LogP contribution in [-0.2, 0) is 0 Å². The molecule has 2 rings (SSSR count). The molecule has 14 heavy (non-hydrogen) atoms. The van der Waals surface area contributed by atoms with Crippen molar-refractivity contribution in [3.63, 3.8) is 0 Å². The largest absolute Gasteiger partial charge is 0.521 e. The van der Waals surface area contributed by atoms with E-state index in [4.69, 9.17) is 10.0 Å². The highest BCUT2D eigenvalue weighted by molar-refractivity contribution is 7.23. The van der Waals surface area contributed by atoms with E-state index in [9.17, 15) is 0 Å². The molecular formula is C8H7BN2O2S. The SMILES string of the molecule is OB(O)c1nnc(-c2ccccc2)s1. The van der Waals surface area contributed by atoms with Crippen LogP contribution >= 0.6 is 11.3 Å². The Morgan fingerprint density at radius 2 is 1.79 bits per heavy atom. The molecule has 0 saturated heterocycles.